The molecule has 1 aromatic carbocycles. The van der Waals surface area contributed by atoms with Gasteiger partial charge in [-0.3, -0.25) is 20.0 Å². The Labute approximate surface area is 201 Å². The largest absolute Gasteiger partial charge is 0.493 e. The fourth-order valence-electron chi connectivity index (χ4n) is 5.70. The van der Waals surface area contributed by atoms with Gasteiger partial charge in [0.25, 0.3) is 5.91 Å². The van der Waals surface area contributed by atoms with Gasteiger partial charge in [0, 0.05) is 18.7 Å². The van der Waals surface area contributed by atoms with Crippen molar-refractivity contribution in [3.05, 3.63) is 29.8 Å². The lowest BCUT2D eigenvalue weighted by molar-refractivity contribution is -0.164. The van der Waals surface area contributed by atoms with Crippen LogP contribution in [0.1, 0.15) is 56.9 Å². The Bertz CT molecular complexity index is 932. The Morgan fingerprint density at radius 3 is 2.47 bits per heavy atom. The van der Waals surface area contributed by atoms with Crippen LogP contribution in [0.3, 0.4) is 0 Å². The Morgan fingerprint density at radius 1 is 1.09 bits per heavy atom. The summed E-state index contributed by atoms with van der Waals surface area (Å²) in [5.74, 6) is 1.22. The summed E-state index contributed by atoms with van der Waals surface area (Å²) in [6.07, 6.45) is 11.3. The summed E-state index contributed by atoms with van der Waals surface area (Å²) >= 11 is 0. The number of likely N-dealkylation sites (tertiary alicyclic amines) is 2. The third-order valence-corrected chi connectivity index (χ3v) is 7.59. The van der Waals surface area contributed by atoms with Gasteiger partial charge in [0.05, 0.1) is 18.9 Å². The second-order valence-corrected chi connectivity index (χ2v) is 9.77. The number of hydrogen-bond acceptors (Lipinski definition) is 7. The van der Waals surface area contributed by atoms with E-state index in [1.165, 1.54) is 12.8 Å². The molecule has 3 fully saturated rings. The summed E-state index contributed by atoms with van der Waals surface area (Å²) < 4.78 is 11.8. The normalized spacial score (nSPS) is 26.4. The summed E-state index contributed by atoms with van der Waals surface area (Å²) in [6.45, 7) is 2.96. The standard InChI is InChI=1S/C26H35N3O5/c1-32-22-11-10-19(16-23(22)33-20-8-2-3-9-20)21-17-26(34-27-21,25(31)29-14-6-7-15-29)24(18-30)28-12-4-5-13-28/h10-11,16-18,20,24,27H,2-9,12-15H2,1H3. The van der Waals surface area contributed by atoms with Gasteiger partial charge in [-0.1, -0.05) is 0 Å². The van der Waals surface area contributed by atoms with Crippen LogP contribution in [0.5, 0.6) is 11.5 Å². The molecule has 3 aliphatic heterocycles. The molecule has 2 atom stereocenters. The van der Waals surface area contributed by atoms with E-state index >= 15 is 0 Å². The zero-order valence-corrected chi connectivity index (χ0v) is 20.0. The zero-order valence-electron chi connectivity index (χ0n) is 20.0. The quantitative estimate of drug-likeness (QED) is 0.587. The predicted octanol–water partition coefficient (Wildman–Crippen LogP) is 2.92. The van der Waals surface area contributed by atoms with Gasteiger partial charge >= 0.3 is 0 Å². The Kier molecular flexibility index (Phi) is 6.79. The molecule has 1 aliphatic carbocycles. The number of ether oxygens (including phenoxy) is 2. The molecule has 2 unspecified atom stereocenters. The second-order valence-electron chi connectivity index (χ2n) is 9.77. The molecular weight excluding hydrogens is 434 g/mol. The summed E-state index contributed by atoms with van der Waals surface area (Å²) in [5, 5.41) is 0. The minimum atomic E-state index is -1.39. The molecule has 1 amide bonds. The van der Waals surface area contributed by atoms with Crippen molar-refractivity contribution in [2.24, 2.45) is 0 Å². The van der Waals surface area contributed by atoms with E-state index in [-0.39, 0.29) is 12.0 Å². The lowest BCUT2D eigenvalue weighted by Crippen LogP contribution is -2.61. The number of nitrogens with zero attached hydrogens (tertiary/aromatic N) is 2. The first-order chi connectivity index (χ1) is 16.6. The molecule has 184 valence electrons. The van der Waals surface area contributed by atoms with Gasteiger partial charge in [-0.15, -0.1) is 0 Å². The van der Waals surface area contributed by atoms with Crippen molar-refractivity contribution >= 4 is 17.9 Å². The summed E-state index contributed by atoms with van der Waals surface area (Å²) in [7, 11) is 1.64. The van der Waals surface area contributed by atoms with E-state index in [4.69, 9.17) is 14.3 Å². The fraction of sp³-hybridized carbons (Fsp3) is 0.615. The molecule has 34 heavy (non-hydrogen) atoms. The summed E-state index contributed by atoms with van der Waals surface area (Å²) in [4.78, 5) is 36.2. The molecule has 2 saturated heterocycles. The van der Waals surface area contributed by atoms with Crippen LogP contribution >= 0.6 is 0 Å². The molecule has 1 N–H and O–H groups in total. The number of carbonyl (C=O) groups is 2. The highest BCUT2D eigenvalue weighted by Crippen LogP contribution is 2.38. The fourth-order valence-corrected chi connectivity index (χ4v) is 5.70. The van der Waals surface area contributed by atoms with Gasteiger partial charge in [0.2, 0.25) is 5.60 Å². The number of benzene rings is 1. The Hall–Kier alpha value is -2.58. The lowest BCUT2D eigenvalue weighted by Gasteiger charge is -2.37. The van der Waals surface area contributed by atoms with E-state index in [1.54, 1.807) is 7.11 Å². The average molecular weight is 470 g/mol. The average Bonchev–Trinajstić information content (AvgIpc) is 3.67. The van der Waals surface area contributed by atoms with Gasteiger partial charge in [0.15, 0.2) is 11.5 Å². The zero-order chi connectivity index (χ0) is 23.5. The molecule has 4 aliphatic rings. The van der Waals surface area contributed by atoms with Crippen molar-refractivity contribution in [3.63, 3.8) is 0 Å². The Morgan fingerprint density at radius 2 is 1.79 bits per heavy atom. The number of carbonyl (C=O) groups excluding carboxylic acids is 2. The maximum absolute atomic E-state index is 13.8. The van der Waals surface area contributed by atoms with Crippen molar-refractivity contribution in [1.29, 1.82) is 0 Å². The number of amides is 1. The topological polar surface area (TPSA) is 80.3 Å². The first-order valence-corrected chi connectivity index (χ1v) is 12.7. The third kappa shape index (κ3) is 4.29. The number of methoxy groups -OCH3 is 1. The minimum absolute atomic E-state index is 0.146. The molecule has 0 spiro atoms. The van der Waals surface area contributed by atoms with Crippen LogP contribution in [0.25, 0.3) is 5.70 Å². The number of hydrogen-bond donors (Lipinski definition) is 1. The Balaban J connectivity index is 1.49. The number of aldehydes is 1. The molecule has 0 radical (unpaired) electrons. The second kappa shape index (κ2) is 9.96. The maximum atomic E-state index is 13.8. The van der Waals surface area contributed by atoms with Crippen LogP contribution < -0.4 is 15.0 Å². The van der Waals surface area contributed by atoms with E-state index in [0.717, 1.165) is 63.5 Å². The highest BCUT2D eigenvalue weighted by molar-refractivity contribution is 5.95. The van der Waals surface area contributed by atoms with E-state index in [0.29, 0.717) is 30.3 Å². The maximum Gasteiger partial charge on any atom is 0.263 e. The summed E-state index contributed by atoms with van der Waals surface area (Å²) in [5.41, 5.74) is 3.10. The molecule has 3 heterocycles. The van der Waals surface area contributed by atoms with Crippen LogP contribution in [0.15, 0.2) is 24.3 Å². The first kappa shape index (κ1) is 23.2. The van der Waals surface area contributed by atoms with Gasteiger partial charge in [-0.05, 0) is 88.7 Å². The van der Waals surface area contributed by atoms with Crippen LogP contribution in [0.2, 0.25) is 0 Å². The van der Waals surface area contributed by atoms with Crippen LogP contribution in [0.4, 0.5) is 0 Å². The molecule has 0 bridgehead atoms. The third-order valence-electron chi connectivity index (χ3n) is 7.59. The van der Waals surface area contributed by atoms with E-state index < -0.39 is 11.6 Å². The van der Waals surface area contributed by atoms with Crippen molar-refractivity contribution in [2.45, 2.75) is 69.1 Å². The molecule has 8 heteroatoms. The first-order valence-electron chi connectivity index (χ1n) is 12.7. The molecule has 1 aromatic rings. The smallest absolute Gasteiger partial charge is 0.263 e. The number of rotatable bonds is 8. The minimum Gasteiger partial charge on any atom is -0.493 e. The van der Waals surface area contributed by atoms with Crippen molar-refractivity contribution in [1.82, 2.24) is 15.3 Å². The predicted molar refractivity (Wildman–Crippen MR) is 127 cm³/mol. The highest BCUT2D eigenvalue weighted by Gasteiger charge is 2.54. The molecule has 0 aromatic heterocycles. The van der Waals surface area contributed by atoms with Gasteiger partial charge in [-0.25, -0.2) is 0 Å². The lowest BCUT2D eigenvalue weighted by atomic mass is 9.90. The van der Waals surface area contributed by atoms with Crippen molar-refractivity contribution < 1.29 is 23.9 Å². The summed E-state index contributed by atoms with van der Waals surface area (Å²) in [6, 6.07) is 5.05. The van der Waals surface area contributed by atoms with Crippen LogP contribution in [0, 0.1) is 0 Å². The number of nitrogens with one attached hydrogen (secondary N) is 1. The molecule has 5 rings (SSSR count). The SMILES string of the molecule is COc1ccc(C2=CC(C(=O)N3CCCC3)(C(C=O)N3CCCC3)ON2)cc1OC1CCCC1. The van der Waals surface area contributed by atoms with Crippen LogP contribution in [-0.2, 0) is 14.4 Å². The van der Waals surface area contributed by atoms with E-state index in [2.05, 4.69) is 10.4 Å². The van der Waals surface area contributed by atoms with Crippen molar-refractivity contribution in [2.75, 3.05) is 33.3 Å². The highest BCUT2D eigenvalue weighted by atomic mass is 16.7. The monoisotopic (exact) mass is 469 g/mol. The van der Waals surface area contributed by atoms with E-state index in [9.17, 15) is 9.59 Å². The molecule has 8 nitrogen and oxygen atoms in total. The number of hydroxylamine groups is 1. The van der Waals surface area contributed by atoms with Gasteiger partial charge < -0.3 is 19.2 Å². The van der Waals surface area contributed by atoms with Gasteiger partial charge in [-0.2, -0.15) is 0 Å². The van der Waals surface area contributed by atoms with Crippen LogP contribution in [-0.4, -0.2) is 73.0 Å². The van der Waals surface area contributed by atoms with Gasteiger partial charge in [0.1, 0.15) is 12.3 Å². The molecule has 1 saturated carbocycles. The van der Waals surface area contributed by atoms with Crippen molar-refractivity contribution in [3.8, 4) is 11.5 Å². The molecular formula is C26H35N3O5. The van der Waals surface area contributed by atoms with E-state index in [1.807, 2.05) is 29.2 Å².